The van der Waals surface area contributed by atoms with Crippen LogP contribution in [0, 0.1) is 0 Å². The summed E-state index contributed by atoms with van der Waals surface area (Å²) in [4.78, 5) is 16.4. The van der Waals surface area contributed by atoms with E-state index in [2.05, 4.69) is 15.0 Å². The first kappa shape index (κ1) is 18.8. The number of benzene rings is 2. The molecule has 2 aromatic carbocycles. The molecule has 3 aromatic rings. The van der Waals surface area contributed by atoms with Crippen molar-refractivity contribution < 1.29 is 13.2 Å². The van der Waals surface area contributed by atoms with Crippen molar-refractivity contribution >= 4 is 38.6 Å². The highest BCUT2D eigenvalue weighted by Gasteiger charge is 2.09. The van der Waals surface area contributed by atoms with Gasteiger partial charge < -0.3 is 5.32 Å². The van der Waals surface area contributed by atoms with Crippen LogP contribution in [0.1, 0.15) is 12.0 Å². The van der Waals surface area contributed by atoms with Gasteiger partial charge in [0.2, 0.25) is 15.9 Å². The van der Waals surface area contributed by atoms with Gasteiger partial charge in [-0.3, -0.25) is 9.78 Å². The summed E-state index contributed by atoms with van der Waals surface area (Å²) in [5.74, 6) is -0.289. The van der Waals surface area contributed by atoms with Gasteiger partial charge in [-0.1, -0.05) is 48.5 Å². The molecular formula is C20H19N3O3S. The highest BCUT2D eigenvalue weighted by atomic mass is 32.2. The van der Waals surface area contributed by atoms with E-state index in [1.807, 2.05) is 42.5 Å². The molecular weight excluding hydrogens is 362 g/mol. The van der Waals surface area contributed by atoms with Crippen LogP contribution in [0.4, 0.5) is 5.69 Å². The number of nitrogens with zero attached hydrogens (tertiary/aromatic N) is 1. The Balaban J connectivity index is 1.54. The molecule has 0 atom stereocenters. The molecule has 138 valence electrons. The van der Waals surface area contributed by atoms with E-state index in [9.17, 15) is 13.2 Å². The zero-order valence-corrected chi connectivity index (χ0v) is 15.3. The summed E-state index contributed by atoms with van der Waals surface area (Å²) in [7, 11) is -3.61. The molecule has 1 heterocycles. The summed E-state index contributed by atoms with van der Waals surface area (Å²) in [5, 5.41) is 4.79. The number of anilines is 1. The fraction of sp³-hybridized carbons (Fsp3) is 0.100. The number of sulfonamides is 1. The standard InChI is InChI=1S/C20H19N3O3S/c24-19(23-18-10-4-8-17-9-5-13-21-20(17)18)11-14-22-27(25,26)15-12-16-6-2-1-3-7-16/h1-10,12-13,15,22H,11,14H2,(H,23,24). The smallest absolute Gasteiger partial charge is 0.233 e. The van der Waals surface area contributed by atoms with Gasteiger partial charge in [0.1, 0.15) is 0 Å². The summed E-state index contributed by atoms with van der Waals surface area (Å²) in [6.07, 6.45) is 3.18. The third-order valence-electron chi connectivity index (χ3n) is 3.80. The van der Waals surface area contributed by atoms with Crippen molar-refractivity contribution in [1.82, 2.24) is 9.71 Å². The first-order valence-electron chi connectivity index (χ1n) is 8.40. The van der Waals surface area contributed by atoms with Gasteiger partial charge >= 0.3 is 0 Å². The largest absolute Gasteiger partial charge is 0.324 e. The van der Waals surface area contributed by atoms with Gasteiger partial charge in [0.25, 0.3) is 0 Å². The summed E-state index contributed by atoms with van der Waals surface area (Å²) in [6.45, 7) is 0.00545. The fourth-order valence-electron chi connectivity index (χ4n) is 2.51. The zero-order valence-electron chi connectivity index (χ0n) is 14.5. The first-order valence-corrected chi connectivity index (χ1v) is 9.94. The normalized spacial score (nSPS) is 11.7. The topological polar surface area (TPSA) is 88.2 Å². The van der Waals surface area contributed by atoms with Gasteiger partial charge in [0, 0.05) is 30.0 Å². The van der Waals surface area contributed by atoms with E-state index in [1.54, 1.807) is 24.4 Å². The van der Waals surface area contributed by atoms with Crippen molar-refractivity contribution in [1.29, 1.82) is 0 Å². The Labute approximate surface area is 158 Å². The molecule has 1 aromatic heterocycles. The number of amides is 1. The number of carbonyl (C=O) groups is 1. The highest BCUT2D eigenvalue weighted by Crippen LogP contribution is 2.20. The van der Waals surface area contributed by atoms with E-state index in [1.165, 1.54) is 6.08 Å². The number of pyridine rings is 1. The Hall–Kier alpha value is -3.03. The van der Waals surface area contributed by atoms with Crippen molar-refractivity contribution in [2.24, 2.45) is 0 Å². The van der Waals surface area contributed by atoms with Gasteiger partial charge in [0.15, 0.2) is 0 Å². The summed E-state index contributed by atoms with van der Waals surface area (Å²) >= 11 is 0. The summed E-state index contributed by atoms with van der Waals surface area (Å²) in [5.41, 5.74) is 2.08. The zero-order chi connectivity index (χ0) is 19.1. The molecule has 0 saturated carbocycles. The third kappa shape index (κ3) is 5.47. The van der Waals surface area contributed by atoms with Gasteiger partial charge in [0.05, 0.1) is 11.2 Å². The second-order valence-corrected chi connectivity index (χ2v) is 7.48. The van der Waals surface area contributed by atoms with Crippen LogP contribution in [0.5, 0.6) is 0 Å². The first-order chi connectivity index (χ1) is 13.0. The lowest BCUT2D eigenvalue weighted by molar-refractivity contribution is -0.116. The SMILES string of the molecule is O=C(CCNS(=O)(=O)C=Cc1ccccc1)Nc1cccc2cccnc12. The van der Waals surface area contributed by atoms with Gasteiger partial charge in [-0.05, 0) is 23.8 Å². The van der Waals surface area contributed by atoms with E-state index < -0.39 is 10.0 Å². The van der Waals surface area contributed by atoms with Crippen LogP contribution in [-0.4, -0.2) is 25.9 Å². The van der Waals surface area contributed by atoms with Gasteiger partial charge in [-0.2, -0.15) is 0 Å². The molecule has 0 unspecified atom stereocenters. The molecule has 0 saturated heterocycles. The van der Waals surface area contributed by atoms with Crippen molar-refractivity contribution in [3.8, 4) is 0 Å². The molecule has 7 heteroatoms. The molecule has 0 aliphatic carbocycles. The number of fused-ring (bicyclic) bond motifs is 1. The maximum absolute atomic E-state index is 12.1. The van der Waals surface area contributed by atoms with Crippen LogP contribution >= 0.6 is 0 Å². The van der Waals surface area contributed by atoms with E-state index in [4.69, 9.17) is 0 Å². The Kier molecular flexibility index (Phi) is 5.95. The summed E-state index contributed by atoms with van der Waals surface area (Å²) < 4.78 is 26.3. The van der Waals surface area contributed by atoms with Gasteiger partial charge in [-0.25, -0.2) is 13.1 Å². The Morgan fingerprint density at radius 3 is 2.59 bits per heavy atom. The molecule has 2 N–H and O–H groups in total. The maximum atomic E-state index is 12.1. The second kappa shape index (κ2) is 8.57. The fourth-order valence-corrected chi connectivity index (χ4v) is 3.32. The lowest BCUT2D eigenvalue weighted by atomic mass is 10.2. The average Bonchev–Trinajstić information content (AvgIpc) is 2.67. The van der Waals surface area contributed by atoms with Crippen LogP contribution < -0.4 is 10.0 Å². The molecule has 3 rings (SSSR count). The van der Waals surface area contributed by atoms with Crippen LogP contribution in [-0.2, 0) is 14.8 Å². The maximum Gasteiger partial charge on any atom is 0.233 e. The predicted octanol–water partition coefficient (Wildman–Crippen LogP) is 3.15. The average molecular weight is 381 g/mol. The monoisotopic (exact) mass is 381 g/mol. The number of carbonyl (C=O) groups excluding carboxylic acids is 1. The summed E-state index contributed by atoms with van der Waals surface area (Å²) in [6, 6.07) is 18.3. The van der Waals surface area contributed by atoms with E-state index in [0.717, 1.165) is 16.4 Å². The van der Waals surface area contributed by atoms with Crippen LogP contribution in [0.3, 0.4) is 0 Å². The van der Waals surface area contributed by atoms with Crippen LogP contribution in [0.2, 0.25) is 0 Å². The van der Waals surface area contributed by atoms with Crippen LogP contribution in [0.25, 0.3) is 17.0 Å². The number of aromatic nitrogens is 1. The Morgan fingerprint density at radius 2 is 1.78 bits per heavy atom. The predicted molar refractivity (Wildman–Crippen MR) is 107 cm³/mol. The van der Waals surface area contributed by atoms with E-state index >= 15 is 0 Å². The number of hydrogen-bond acceptors (Lipinski definition) is 4. The number of nitrogens with one attached hydrogen (secondary N) is 2. The second-order valence-electron chi connectivity index (χ2n) is 5.83. The molecule has 0 bridgehead atoms. The van der Waals surface area contributed by atoms with E-state index in [0.29, 0.717) is 11.2 Å². The van der Waals surface area contributed by atoms with Crippen molar-refractivity contribution in [2.45, 2.75) is 6.42 Å². The minimum Gasteiger partial charge on any atom is -0.324 e. The molecule has 0 aliphatic heterocycles. The van der Waals surface area contributed by atoms with Crippen molar-refractivity contribution in [3.05, 3.63) is 77.8 Å². The van der Waals surface area contributed by atoms with Crippen molar-refractivity contribution in [2.75, 3.05) is 11.9 Å². The lowest BCUT2D eigenvalue weighted by Crippen LogP contribution is -2.26. The minimum atomic E-state index is -3.61. The molecule has 0 fully saturated rings. The third-order valence-corrected chi connectivity index (χ3v) is 4.90. The van der Waals surface area contributed by atoms with Crippen molar-refractivity contribution in [3.63, 3.8) is 0 Å². The quantitative estimate of drug-likeness (QED) is 0.658. The number of hydrogen-bond donors (Lipinski definition) is 2. The van der Waals surface area contributed by atoms with Gasteiger partial charge in [-0.15, -0.1) is 0 Å². The highest BCUT2D eigenvalue weighted by molar-refractivity contribution is 7.92. The van der Waals surface area contributed by atoms with E-state index in [-0.39, 0.29) is 18.9 Å². The Morgan fingerprint density at radius 1 is 1.00 bits per heavy atom. The molecule has 0 radical (unpaired) electrons. The minimum absolute atomic E-state index is 0.00545. The molecule has 27 heavy (non-hydrogen) atoms. The molecule has 1 amide bonds. The molecule has 6 nitrogen and oxygen atoms in total. The Bertz CT molecular complexity index is 1060. The number of para-hydroxylation sites is 1. The number of rotatable bonds is 7. The molecule has 0 spiro atoms. The van der Waals surface area contributed by atoms with Crippen LogP contribution in [0.15, 0.2) is 72.3 Å². The molecule has 0 aliphatic rings. The lowest BCUT2D eigenvalue weighted by Gasteiger charge is -2.08.